The van der Waals surface area contributed by atoms with Crippen molar-refractivity contribution in [3.8, 4) is 0 Å². The van der Waals surface area contributed by atoms with E-state index in [1.54, 1.807) is 0 Å². The van der Waals surface area contributed by atoms with E-state index in [1.807, 2.05) is 0 Å². The zero-order valence-corrected chi connectivity index (χ0v) is 23.0. The van der Waals surface area contributed by atoms with E-state index in [0.717, 1.165) is 52.0 Å². The number of piperazine rings is 1. The summed E-state index contributed by atoms with van der Waals surface area (Å²) < 4.78 is 78.6. The van der Waals surface area contributed by atoms with Gasteiger partial charge in [-0.15, -0.1) is 0 Å². The van der Waals surface area contributed by atoms with E-state index in [1.165, 1.54) is 16.9 Å². The number of urea groups is 1. The Bertz CT molecular complexity index is 1050. The van der Waals surface area contributed by atoms with Crippen molar-refractivity contribution in [1.29, 1.82) is 0 Å². The van der Waals surface area contributed by atoms with Gasteiger partial charge in [-0.1, -0.05) is 37.6 Å². The Balaban J connectivity index is 1.20. The normalized spacial score (nSPS) is 22.1. The van der Waals surface area contributed by atoms with E-state index in [9.17, 15) is 31.1 Å². The first kappa shape index (κ1) is 30.4. The van der Waals surface area contributed by atoms with Crippen molar-refractivity contribution in [1.82, 2.24) is 14.7 Å². The zero-order valence-electron chi connectivity index (χ0n) is 23.0. The lowest BCUT2D eigenvalue weighted by Gasteiger charge is -2.48. The number of benzene rings is 1. The van der Waals surface area contributed by atoms with Gasteiger partial charge >= 0.3 is 18.4 Å². The van der Waals surface area contributed by atoms with E-state index in [2.05, 4.69) is 47.2 Å². The Hall–Kier alpha value is -2.53. The van der Waals surface area contributed by atoms with Gasteiger partial charge in [-0.3, -0.25) is 4.90 Å². The summed E-state index contributed by atoms with van der Waals surface area (Å²) in [4.78, 5) is 18.8. The van der Waals surface area contributed by atoms with Crippen molar-refractivity contribution in [3.05, 3.63) is 53.1 Å². The third-order valence-electron chi connectivity index (χ3n) is 7.94. The summed E-state index contributed by atoms with van der Waals surface area (Å²) in [6.07, 6.45) is 1.54. The van der Waals surface area contributed by atoms with E-state index >= 15 is 0 Å². The van der Waals surface area contributed by atoms with Gasteiger partial charge in [-0.25, -0.2) is 4.79 Å². The summed E-state index contributed by atoms with van der Waals surface area (Å²) in [5, 5.41) is 2.22. The van der Waals surface area contributed by atoms with E-state index < -0.39 is 35.2 Å². The van der Waals surface area contributed by atoms with Gasteiger partial charge in [0.25, 0.3) is 0 Å². The van der Waals surface area contributed by atoms with Gasteiger partial charge in [-0.05, 0) is 55.7 Å². The van der Waals surface area contributed by atoms with E-state index in [-0.39, 0.29) is 12.1 Å². The first-order chi connectivity index (χ1) is 18.8. The molecule has 2 amide bonds. The van der Waals surface area contributed by atoms with Gasteiger partial charge in [0, 0.05) is 57.5 Å². The van der Waals surface area contributed by atoms with Crippen LogP contribution in [0.2, 0.25) is 0 Å². The fourth-order valence-electron chi connectivity index (χ4n) is 5.54. The van der Waals surface area contributed by atoms with E-state index in [4.69, 9.17) is 0 Å². The number of anilines is 1. The molecule has 0 radical (unpaired) electrons. The lowest BCUT2D eigenvalue weighted by Crippen LogP contribution is -2.64. The molecule has 1 aliphatic carbocycles. The van der Waals surface area contributed by atoms with Crippen LogP contribution in [-0.4, -0.2) is 72.6 Å². The summed E-state index contributed by atoms with van der Waals surface area (Å²) in [7, 11) is 0. The van der Waals surface area contributed by atoms with Crippen LogP contribution in [0.15, 0.2) is 42.0 Å². The Kier molecular flexibility index (Phi) is 9.55. The summed E-state index contributed by atoms with van der Waals surface area (Å²) >= 11 is 0. The largest absolute Gasteiger partial charge is 0.416 e. The number of allylic oxidation sites excluding steroid dienone is 4. The minimum Gasteiger partial charge on any atom is -0.321 e. The Morgan fingerprint density at radius 2 is 1.62 bits per heavy atom. The number of rotatable bonds is 7. The van der Waals surface area contributed by atoms with Crippen molar-refractivity contribution in [2.75, 3.05) is 51.1 Å². The van der Waals surface area contributed by atoms with Crippen LogP contribution in [0.25, 0.3) is 0 Å². The van der Waals surface area contributed by atoms with Crippen LogP contribution in [0.5, 0.6) is 0 Å². The molecule has 0 spiro atoms. The Morgan fingerprint density at radius 1 is 1.00 bits per heavy atom. The van der Waals surface area contributed by atoms with Crippen molar-refractivity contribution < 1.29 is 31.1 Å². The number of amides is 2. The minimum absolute atomic E-state index is 0.0454. The fraction of sp³-hybridized carbons (Fsp3) is 0.621. The molecule has 222 valence electrons. The van der Waals surface area contributed by atoms with Crippen molar-refractivity contribution in [2.24, 2.45) is 11.8 Å². The second kappa shape index (κ2) is 12.5. The van der Waals surface area contributed by atoms with E-state index in [0.29, 0.717) is 37.1 Å². The number of hydrogen-bond donors (Lipinski definition) is 1. The summed E-state index contributed by atoms with van der Waals surface area (Å²) in [5.74, 6) is 1.25. The number of halogens is 6. The number of alkyl halides is 6. The molecule has 40 heavy (non-hydrogen) atoms. The monoisotopic (exact) mass is 572 g/mol. The van der Waals surface area contributed by atoms with Crippen LogP contribution < -0.4 is 5.32 Å². The molecule has 1 aromatic rings. The predicted octanol–water partition coefficient (Wildman–Crippen LogP) is 6.89. The minimum atomic E-state index is -4.97. The number of nitrogens with zero attached hydrogens (tertiary/aromatic N) is 3. The van der Waals surface area contributed by atoms with Gasteiger partial charge in [0.1, 0.15) is 0 Å². The lowest BCUT2D eigenvalue weighted by atomic mass is 9.87. The second-order valence-corrected chi connectivity index (χ2v) is 11.5. The number of hydrogen-bond acceptors (Lipinski definition) is 3. The molecule has 2 heterocycles. The van der Waals surface area contributed by atoms with Crippen molar-refractivity contribution in [3.63, 3.8) is 0 Å². The predicted molar refractivity (Wildman–Crippen MR) is 143 cm³/mol. The molecule has 3 aliphatic rings. The maximum atomic E-state index is 13.1. The van der Waals surface area contributed by atoms with Gasteiger partial charge in [0.2, 0.25) is 0 Å². The van der Waals surface area contributed by atoms with Crippen LogP contribution in [-0.2, 0) is 12.4 Å². The topological polar surface area (TPSA) is 38.8 Å². The molecule has 1 N–H and O–H groups in total. The molecule has 1 aromatic carbocycles. The molecule has 0 aromatic heterocycles. The fourth-order valence-corrected chi connectivity index (χ4v) is 5.54. The summed E-state index contributed by atoms with van der Waals surface area (Å²) in [6.45, 7) is 9.85. The highest BCUT2D eigenvalue weighted by molar-refractivity contribution is 5.90. The zero-order chi connectivity index (χ0) is 29.1. The molecule has 2 aliphatic heterocycles. The molecule has 2 saturated heterocycles. The molecule has 4 rings (SSSR count). The first-order valence-electron chi connectivity index (χ1n) is 13.9. The third kappa shape index (κ3) is 8.25. The number of carbonyl (C=O) groups is 1. The van der Waals surface area contributed by atoms with Gasteiger partial charge in [0.05, 0.1) is 11.1 Å². The Morgan fingerprint density at radius 3 is 2.15 bits per heavy atom. The van der Waals surface area contributed by atoms with Crippen LogP contribution in [0.1, 0.15) is 50.7 Å². The van der Waals surface area contributed by atoms with Gasteiger partial charge in [-0.2, -0.15) is 26.3 Å². The smallest absolute Gasteiger partial charge is 0.321 e. The quantitative estimate of drug-likeness (QED) is 0.286. The van der Waals surface area contributed by atoms with Crippen LogP contribution in [0, 0.1) is 11.8 Å². The van der Waals surface area contributed by atoms with Crippen molar-refractivity contribution in [2.45, 2.75) is 57.9 Å². The van der Waals surface area contributed by atoms with Crippen LogP contribution in [0.4, 0.5) is 36.8 Å². The average molecular weight is 573 g/mol. The summed E-state index contributed by atoms with van der Waals surface area (Å²) in [6, 6.07) is 0.530. The number of likely N-dealkylation sites (tertiary alicyclic amines) is 1. The lowest BCUT2D eigenvalue weighted by molar-refractivity contribution is -0.143. The highest BCUT2D eigenvalue weighted by Crippen LogP contribution is 2.37. The SMILES string of the molecule is CC(C)/C=C/CC1=CCC(CN2CCN(C3CN(C(=O)Nc4cc(C(F)(F)F)cc(C(F)(F)F)c4)C3)CC2)CC1. The highest BCUT2D eigenvalue weighted by atomic mass is 19.4. The molecule has 0 bridgehead atoms. The maximum Gasteiger partial charge on any atom is 0.416 e. The maximum absolute atomic E-state index is 13.1. The Labute approximate surface area is 231 Å². The molecule has 1 unspecified atom stereocenters. The molecular weight excluding hydrogens is 534 g/mol. The number of nitrogens with one attached hydrogen (secondary N) is 1. The molecule has 5 nitrogen and oxygen atoms in total. The standard InChI is InChI=1S/C29H38F6N4O/c1-20(2)4-3-5-21-6-8-22(9-7-21)17-37-10-12-38(13-11-37)26-18-39(19-26)27(40)36-25-15-23(28(30,31)32)14-24(16-25)29(33,34)35/h3-4,6,14-16,20,22,26H,5,7-13,17-19H2,1-2H3,(H,36,40)/b4-3+. The summed E-state index contributed by atoms with van der Waals surface area (Å²) in [5.41, 5.74) is -1.91. The van der Waals surface area contributed by atoms with Crippen LogP contribution >= 0.6 is 0 Å². The van der Waals surface area contributed by atoms with Gasteiger partial charge < -0.3 is 15.1 Å². The molecule has 11 heteroatoms. The first-order valence-corrected chi connectivity index (χ1v) is 13.9. The number of carbonyl (C=O) groups excluding carboxylic acids is 1. The second-order valence-electron chi connectivity index (χ2n) is 11.5. The van der Waals surface area contributed by atoms with Gasteiger partial charge in [0.15, 0.2) is 0 Å². The average Bonchev–Trinajstić information content (AvgIpc) is 2.84. The van der Waals surface area contributed by atoms with Crippen LogP contribution in [0.3, 0.4) is 0 Å². The van der Waals surface area contributed by atoms with Crippen molar-refractivity contribution >= 4 is 11.7 Å². The molecule has 2 fully saturated rings. The third-order valence-corrected chi connectivity index (χ3v) is 7.94. The molecule has 1 atom stereocenters. The molecular formula is C29H38F6N4O. The highest BCUT2D eigenvalue weighted by Gasteiger charge is 2.39. The molecule has 0 saturated carbocycles.